The molecule has 0 radical (unpaired) electrons. The van der Waals surface area contributed by atoms with Gasteiger partial charge in [0.1, 0.15) is 85.5 Å². The van der Waals surface area contributed by atoms with E-state index in [-0.39, 0.29) is 0 Å². The van der Waals surface area contributed by atoms with Crippen LogP contribution in [-0.2, 0) is 42.7 Å². The van der Waals surface area contributed by atoms with Crippen LogP contribution in [0.5, 0.6) is 0 Å². The third-order valence-corrected chi connectivity index (χ3v) is 8.13. The van der Waals surface area contributed by atoms with Crippen molar-refractivity contribution in [3.05, 3.63) is 0 Å². The summed E-state index contributed by atoms with van der Waals surface area (Å²) in [5.74, 6) is -3.59. The summed E-state index contributed by atoms with van der Waals surface area (Å²) in [5.41, 5.74) is 0. The molecule has 0 aromatic rings. The molecular formula is C24H38O23. The van der Waals surface area contributed by atoms with Gasteiger partial charge in [0.2, 0.25) is 0 Å². The standard InChI is InChI=1S/C24H38O23/c25-1-3-14(7(29)9(31)21(40)41-3)44-24-13(35)16(12(34)18(47-24)20(38)39)45-22-11(33)8(30)15(4(2-26)42-22)43-23-10(32)5(27)6(28)17(46-23)19(36)37/h3-18,21-35,40H,1-2H2,(H,36,37)(H,38,39)/t3?,4?,5?,6-,7?,8+,9-,10-,11?,12-,13-,14+,15+,16?,17?,18?,21+,22-,23+,24+/m0/s1. The SMILES string of the molecule is O=C(O)C1O[C@@H](O[C@@H]2C(CO)O[C@@H](OC3[C@H](O)C(C(=O)O)O[C@@H](O[C@@H]4C(CO)O[C@@H](O)[C@@H](O)C4O)[C@H]3O)C(O)[C@H]2O)[C@@H](O)C(O)[C@@H]1O. The zero-order valence-electron chi connectivity index (χ0n) is 23.9. The lowest BCUT2D eigenvalue weighted by Gasteiger charge is -2.48. The number of carboxylic acid groups (broad SMARTS) is 2. The normalized spacial score (nSPS) is 51.0. The average Bonchev–Trinajstić information content (AvgIpc) is 3.03. The van der Waals surface area contributed by atoms with Crippen molar-refractivity contribution in [2.75, 3.05) is 13.2 Å². The van der Waals surface area contributed by atoms with E-state index in [0.717, 1.165) is 0 Å². The van der Waals surface area contributed by atoms with Crippen LogP contribution in [0.15, 0.2) is 0 Å². The molecule has 4 aliphatic rings. The van der Waals surface area contributed by atoms with E-state index in [4.69, 9.17) is 33.2 Å². The second kappa shape index (κ2) is 15.4. The first-order chi connectivity index (χ1) is 22.0. The maximum atomic E-state index is 11.9. The maximum Gasteiger partial charge on any atom is 0.335 e. The van der Waals surface area contributed by atoms with E-state index in [0.29, 0.717) is 0 Å². The highest BCUT2D eigenvalue weighted by Gasteiger charge is 2.56. The molecule has 23 heteroatoms. The van der Waals surface area contributed by atoms with Crippen LogP contribution in [0, 0.1) is 0 Å². The van der Waals surface area contributed by atoms with Crippen molar-refractivity contribution in [1.82, 2.24) is 0 Å². The Kier molecular flexibility index (Phi) is 12.4. The van der Waals surface area contributed by atoms with E-state index < -0.39 is 148 Å². The van der Waals surface area contributed by atoms with Gasteiger partial charge < -0.3 is 105 Å². The molecule has 0 amide bonds. The number of carboxylic acids is 2. The van der Waals surface area contributed by atoms with Crippen LogP contribution in [-0.4, -0.2) is 219 Å². The number of rotatable bonds is 10. The van der Waals surface area contributed by atoms with Crippen LogP contribution >= 0.6 is 0 Å². The predicted octanol–water partition coefficient (Wildman–Crippen LogP) is -9.56. The summed E-state index contributed by atoms with van der Waals surface area (Å²) in [6, 6.07) is 0. The average molecular weight is 695 g/mol. The highest BCUT2D eigenvalue weighted by atomic mass is 16.8. The third kappa shape index (κ3) is 7.53. The van der Waals surface area contributed by atoms with E-state index in [1.807, 2.05) is 0 Å². The van der Waals surface area contributed by atoms with E-state index in [1.165, 1.54) is 0 Å². The highest BCUT2D eigenvalue weighted by Crippen LogP contribution is 2.34. The monoisotopic (exact) mass is 694 g/mol. The first kappa shape index (κ1) is 38.0. The van der Waals surface area contributed by atoms with Crippen molar-refractivity contribution >= 4 is 11.9 Å². The van der Waals surface area contributed by atoms with Crippen LogP contribution in [0.2, 0.25) is 0 Å². The summed E-state index contributed by atoms with van der Waals surface area (Å²) in [6.07, 6.45) is -40.7. The lowest BCUT2D eigenvalue weighted by atomic mass is 9.95. The Morgan fingerprint density at radius 3 is 1.36 bits per heavy atom. The molecule has 4 rings (SSSR count). The second-order valence-electron chi connectivity index (χ2n) is 11.2. The number of hydrogen-bond donors (Lipinski definition) is 14. The Balaban J connectivity index is 1.51. The first-order valence-corrected chi connectivity index (χ1v) is 14.1. The fourth-order valence-corrected chi connectivity index (χ4v) is 5.51. The Bertz CT molecular complexity index is 1060. The van der Waals surface area contributed by atoms with E-state index in [2.05, 4.69) is 0 Å². The number of ether oxygens (including phenoxy) is 7. The summed E-state index contributed by atoms with van der Waals surface area (Å²) >= 11 is 0. The first-order valence-electron chi connectivity index (χ1n) is 14.1. The molecule has 0 saturated carbocycles. The third-order valence-electron chi connectivity index (χ3n) is 8.13. The molecule has 4 aliphatic heterocycles. The van der Waals surface area contributed by atoms with Crippen LogP contribution in [0.25, 0.3) is 0 Å². The van der Waals surface area contributed by atoms with E-state index in [9.17, 15) is 81.1 Å². The van der Waals surface area contributed by atoms with Gasteiger partial charge in [-0.15, -0.1) is 0 Å². The predicted molar refractivity (Wildman–Crippen MR) is 135 cm³/mol. The van der Waals surface area contributed by atoms with Crippen molar-refractivity contribution in [1.29, 1.82) is 0 Å². The summed E-state index contributed by atoms with van der Waals surface area (Å²) in [4.78, 5) is 23.3. The quantitative estimate of drug-likeness (QED) is 0.101. The van der Waals surface area contributed by atoms with E-state index >= 15 is 0 Å². The molecule has 272 valence electrons. The Morgan fingerprint density at radius 1 is 0.447 bits per heavy atom. The maximum absolute atomic E-state index is 11.9. The lowest BCUT2D eigenvalue weighted by Crippen LogP contribution is -2.68. The molecule has 4 fully saturated rings. The Labute approximate surface area is 262 Å². The highest BCUT2D eigenvalue weighted by molar-refractivity contribution is 5.73. The van der Waals surface area contributed by atoms with Crippen molar-refractivity contribution in [2.24, 2.45) is 0 Å². The number of hydrogen-bond acceptors (Lipinski definition) is 21. The summed E-state index contributed by atoms with van der Waals surface area (Å²) < 4.78 is 36.6. The van der Waals surface area contributed by atoms with Gasteiger partial charge in [0, 0.05) is 0 Å². The summed E-state index contributed by atoms with van der Waals surface area (Å²) in [5, 5.41) is 142. The van der Waals surface area contributed by atoms with E-state index in [1.54, 1.807) is 0 Å². The molecule has 4 heterocycles. The molecule has 23 nitrogen and oxygen atoms in total. The fraction of sp³-hybridized carbons (Fsp3) is 0.917. The Morgan fingerprint density at radius 2 is 0.851 bits per heavy atom. The molecule has 14 N–H and O–H groups in total. The number of carbonyl (C=O) groups is 2. The van der Waals surface area contributed by atoms with Crippen LogP contribution in [0.3, 0.4) is 0 Å². The van der Waals surface area contributed by atoms with Crippen LogP contribution in [0.4, 0.5) is 0 Å². The molecule has 0 aromatic heterocycles. The number of aliphatic hydroxyl groups is 12. The largest absolute Gasteiger partial charge is 0.479 e. The van der Waals surface area contributed by atoms with Gasteiger partial charge in [-0.2, -0.15) is 0 Å². The molecule has 0 aromatic carbocycles. The minimum absolute atomic E-state index is 0.912. The van der Waals surface area contributed by atoms with Crippen molar-refractivity contribution < 1.29 is 114 Å². The second-order valence-corrected chi connectivity index (χ2v) is 11.2. The van der Waals surface area contributed by atoms with Gasteiger partial charge in [0.05, 0.1) is 13.2 Å². The number of aliphatic hydroxyl groups excluding tert-OH is 12. The molecule has 0 bridgehead atoms. The minimum atomic E-state index is -2.25. The Hall–Kier alpha value is -1.82. The van der Waals surface area contributed by atoms with Crippen molar-refractivity contribution in [3.8, 4) is 0 Å². The van der Waals surface area contributed by atoms with Gasteiger partial charge in [0.15, 0.2) is 37.4 Å². The molecule has 8 unspecified atom stereocenters. The topological polar surface area (TPSA) is 382 Å². The molecule has 0 spiro atoms. The summed E-state index contributed by atoms with van der Waals surface area (Å²) in [7, 11) is 0. The smallest absolute Gasteiger partial charge is 0.335 e. The van der Waals surface area contributed by atoms with Gasteiger partial charge in [0.25, 0.3) is 0 Å². The molecule has 4 saturated heterocycles. The van der Waals surface area contributed by atoms with Crippen LogP contribution in [0.1, 0.15) is 0 Å². The molecule has 47 heavy (non-hydrogen) atoms. The van der Waals surface area contributed by atoms with Gasteiger partial charge >= 0.3 is 11.9 Å². The number of aliphatic carboxylic acids is 2. The molecule has 0 aliphatic carbocycles. The van der Waals surface area contributed by atoms with Crippen molar-refractivity contribution in [2.45, 2.75) is 123 Å². The zero-order chi connectivity index (χ0) is 35.1. The van der Waals surface area contributed by atoms with Gasteiger partial charge in [-0.1, -0.05) is 0 Å². The van der Waals surface area contributed by atoms with Crippen LogP contribution < -0.4 is 0 Å². The lowest BCUT2D eigenvalue weighted by molar-refractivity contribution is -0.385. The van der Waals surface area contributed by atoms with Gasteiger partial charge in [-0.05, 0) is 0 Å². The van der Waals surface area contributed by atoms with Gasteiger partial charge in [-0.3, -0.25) is 0 Å². The zero-order valence-corrected chi connectivity index (χ0v) is 23.9. The molecular weight excluding hydrogens is 656 g/mol. The van der Waals surface area contributed by atoms with Crippen molar-refractivity contribution in [3.63, 3.8) is 0 Å². The fourth-order valence-electron chi connectivity index (χ4n) is 5.51. The minimum Gasteiger partial charge on any atom is -0.479 e. The summed E-state index contributed by atoms with van der Waals surface area (Å²) in [6.45, 7) is -1.95. The van der Waals surface area contributed by atoms with Gasteiger partial charge in [-0.25, -0.2) is 9.59 Å². The molecule has 20 atom stereocenters.